The van der Waals surface area contributed by atoms with Crippen molar-refractivity contribution in [2.75, 3.05) is 25.1 Å². The van der Waals surface area contributed by atoms with Crippen molar-refractivity contribution in [3.05, 3.63) is 53.1 Å². The zero-order valence-corrected chi connectivity index (χ0v) is 15.6. The van der Waals surface area contributed by atoms with Gasteiger partial charge in [-0.25, -0.2) is 4.68 Å². The lowest BCUT2D eigenvalue weighted by atomic mass is 10.0. The highest BCUT2D eigenvalue weighted by Crippen LogP contribution is 2.37. The topological polar surface area (TPSA) is 48.3 Å². The van der Waals surface area contributed by atoms with E-state index in [4.69, 9.17) is 26.2 Å². The third-order valence-corrected chi connectivity index (χ3v) is 5.23. The third kappa shape index (κ3) is 3.02. The number of halogens is 1. The van der Waals surface area contributed by atoms with Crippen LogP contribution in [-0.2, 0) is 6.42 Å². The Labute approximate surface area is 162 Å². The van der Waals surface area contributed by atoms with E-state index in [9.17, 15) is 0 Å². The average Bonchev–Trinajstić information content (AvgIpc) is 2.89. The van der Waals surface area contributed by atoms with Gasteiger partial charge in [-0.3, -0.25) is 0 Å². The van der Waals surface area contributed by atoms with E-state index in [1.54, 1.807) is 0 Å². The van der Waals surface area contributed by atoms with Gasteiger partial charge < -0.3 is 14.8 Å². The smallest absolute Gasteiger partial charge is 0.163 e. The number of rotatable bonds is 2. The Morgan fingerprint density at radius 3 is 2.78 bits per heavy atom. The SMILES string of the molecule is Clc1cccc(-c2nn(-c3ccc4c(c3)OCCO4)c3c2CCCCN3)c1. The number of hydrogen-bond donors (Lipinski definition) is 1. The molecular weight excluding hydrogens is 362 g/mol. The van der Waals surface area contributed by atoms with Crippen molar-refractivity contribution >= 4 is 17.4 Å². The largest absolute Gasteiger partial charge is 0.486 e. The second-order valence-electron chi connectivity index (χ2n) is 6.81. The zero-order valence-electron chi connectivity index (χ0n) is 14.9. The Hall–Kier alpha value is -2.66. The summed E-state index contributed by atoms with van der Waals surface area (Å²) in [4.78, 5) is 0. The van der Waals surface area contributed by atoms with Crippen LogP contribution in [0.2, 0.25) is 5.02 Å². The van der Waals surface area contributed by atoms with E-state index in [0.717, 1.165) is 65.1 Å². The van der Waals surface area contributed by atoms with E-state index in [1.165, 1.54) is 5.56 Å². The Morgan fingerprint density at radius 2 is 1.89 bits per heavy atom. The standard InChI is InChI=1S/C21H20ClN3O2/c22-15-5-3-4-14(12-15)20-17-6-1-2-9-23-21(17)25(24-20)16-7-8-18-19(13-16)27-11-10-26-18/h3-5,7-8,12-13,23H,1-2,6,9-11H2. The third-order valence-electron chi connectivity index (χ3n) is 5.00. The van der Waals surface area contributed by atoms with Crippen LogP contribution in [0.5, 0.6) is 11.5 Å². The first-order valence-electron chi connectivity index (χ1n) is 9.31. The number of hydrogen-bond acceptors (Lipinski definition) is 4. The summed E-state index contributed by atoms with van der Waals surface area (Å²) < 4.78 is 13.4. The van der Waals surface area contributed by atoms with Gasteiger partial charge in [0, 0.05) is 28.8 Å². The minimum absolute atomic E-state index is 0.569. The van der Waals surface area contributed by atoms with E-state index in [-0.39, 0.29) is 0 Å². The predicted molar refractivity (Wildman–Crippen MR) is 106 cm³/mol. The number of nitrogens with one attached hydrogen (secondary N) is 1. The molecule has 6 heteroatoms. The average molecular weight is 382 g/mol. The van der Waals surface area contributed by atoms with E-state index in [1.807, 2.05) is 41.1 Å². The molecule has 0 fully saturated rings. The van der Waals surface area contributed by atoms with Gasteiger partial charge in [-0.1, -0.05) is 23.7 Å². The van der Waals surface area contributed by atoms with E-state index < -0.39 is 0 Å². The van der Waals surface area contributed by atoms with Crippen LogP contribution in [0, 0.1) is 0 Å². The van der Waals surface area contributed by atoms with Crippen molar-refractivity contribution in [1.82, 2.24) is 9.78 Å². The summed E-state index contributed by atoms with van der Waals surface area (Å²) in [6, 6.07) is 13.9. The summed E-state index contributed by atoms with van der Waals surface area (Å²) in [5, 5.41) is 9.25. The van der Waals surface area contributed by atoms with Crippen molar-refractivity contribution in [2.24, 2.45) is 0 Å². The molecule has 2 aliphatic rings. The van der Waals surface area contributed by atoms with Gasteiger partial charge in [0.25, 0.3) is 0 Å². The predicted octanol–water partition coefficient (Wildman–Crippen LogP) is 4.71. The highest BCUT2D eigenvalue weighted by Gasteiger charge is 2.23. The number of benzene rings is 2. The lowest BCUT2D eigenvalue weighted by Gasteiger charge is -2.19. The molecule has 5 nitrogen and oxygen atoms in total. The Morgan fingerprint density at radius 1 is 1.00 bits per heavy atom. The minimum Gasteiger partial charge on any atom is -0.486 e. The maximum atomic E-state index is 6.23. The number of ether oxygens (including phenoxy) is 2. The fourth-order valence-electron chi connectivity index (χ4n) is 3.72. The summed E-state index contributed by atoms with van der Waals surface area (Å²) in [7, 11) is 0. The molecule has 0 spiro atoms. The first-order chi connectivity index (χ1) is 13.3. The Kier molecular flexibility index (Phi) is 4.17. The van der Waals surface area contributed by atoms with Gasteiger partial charge in [-0.15, -0.1) is 0 Å². The molecule has 0 saturated carbocycles. The van der Waals surface area contributed by atoms with Crippen molar-refractivity contribution in [3.63, 3.8) is 0 Å². The zero-order chi connectivity index (χ0) is 18.2. The second kappa shape index (κ2) is 6.82. The van der Waals surface area contributed by atoms with Crippen LogP contribution >= 0.6 is 11.6 Å². The summed E-state index contributed by atoms with van der Waals surface area (Å²) in [5.41, 5.74) is 4.22. The molecule has 1 N–H and O–H groups in total. The molecule has 0 saturated heterocycles. The molecule has 2 aromatic carbocycles. The lowest BCUT2D eigenvalue weighted by molar-refractivity contribution is 0.171. The highest BCUT2D eigenvalue weighted by atomic mass is 35.5. The van der Waals surface area contributed by atoms with Gasteiger partial charge in [0.2, 0.25) is 0 Å². The molecule has 0 atom stereocenters. The molecule has 0 amide bonds. The van der Waals surface area contributed by atoms with Gasteiger partial charge in [0.05, 0.1) is 11.4 Å². The summed E-state index contributed by atoms with van der Waals surface area (Å²) >= 11 is 6.23. The fourth-order valence-corrected chi connectivity index (χ4v) is 3.91. The molecule has 1 aromatic heterocycles. The molecule has 3 heterocycles. The van der Waals surface area contributed by atoms with Crippen LogP contribution in [0.3, 0.4) is 0 Å². The van der Waals surface area contributed by atoms with Crippen molar-refractivity contribution in [3.8, 4) is 28.4 Å². The van der Waals surface area contributed by atoms with Crippen molar-refractivity contribution in [1.29, 1.82) is 0 Å². The number of aromatic nitrogens is 2. The first-order valence-corrected chi connectivity index (χ1v) is 9.69. The monoisotopic (exact) mass is 381 g/mol. The molecule has 5 rings (SSSR count). The van der Waals surface area contributed by atoms with Crippen LogP contribution in [0.25, 0.3) is 16.9 Å². The van der Waals surface area contributed by atoms with E-state index in [0.29, 0.717) is 13.2 Å². The van der Waals surface area contributed by atoms with Gasteiger partial charge in [0.15, 0.2) is 11.5 Å². The van der Waals surface area contributed by atoms with E-state index in [2.05, 4.69) is 11.4 Å². The molecule has 2 aliphatic heterocycles. The van der Waals surface area contributed by atoms with Gasteiger partial charge in [0.1, 0.15) is 19.0 Å². The highest BCUT2D eigenvalue weighted by molar-refractivity contribution is 6.30. The summed E-state index contributed by atoms with van der Waals surface area (Å²) in [6.45, 7) is 2.10. The molecule has 138 valence electrons. The van der Waals surface area contributed by atoms with Crippen LogP contribution < -0.4 is 14.8 Å². The Balaban J connectivity index is 1.66. The molecule has 0 bridgehead atoms. The maximum absolute atomic E-state index is 6.23. The van der Waals surface area contributed by atoms with Crippen molar-refractivity contribution < 1.29 is 9.47 Å². The molecular formula is C21H20ClN3O2. The minimum atomic E-state index is 0.569. The number of nitrogens with zero attached hydrogens (tertiary/aromatic N) is 2. The molecule has 0 radical (unpaired) electrons. The maximum Gasteiger partial charge on any atom is 0.163 e. The van der Waals surface area contributed by atoms with Crippen LogP contribution in [-0.4, -0.2) is 29.5 Å². The molecule has 3 aromatic rings. The lowest BCUT2D eigenvalue weighted by Crippen LogP contribution is -2.15. The van der Waals surface area contributed by atoms with Gasteiger partial charge in [-0.05, 0) is 43.5 Å². The molecule has 27 heavy (non-hydrogen) atoms. The number of fused-ring (bicyclic) bond motifs is 2. The summed E-state index contributed by atoms with van der Waals surface area (Å²) in [6.07, 6.45) is 3.28. The van der Waals surface area contributed by atoms with E-state index >= 15 is 0 Å². The molecule has 0 unspecified atom stereocenters. The summed E-state index contributed by atoms with van der Waals surface area (Å²) in [5.74, 6) is 2.60. The second-order valence-corrected chi connectivity index (χ2v) is 7.25. The van der Waals surface area contributed by atoms with Crippen molar-refractivity contribution in [2.45, 2.75) is 19.3 Å². The molecule has 0 aliphatic carbocycles. The van der Waals surface area contributed by atoms with Crippen LogP contribution in [0.4, 0.5) is 5.82 Å². The van der Waals surface area contributed by atoms with Gasteiger partial charge >= 0.3 is 0 Å². The fraction of sp³-hybridized carbons (Fsp3) is 0.286. The van der Waals surface area contributed by atoms with Gasteiger partial charge in [-0.2, -0.15) is 5.10 Å². The normalized spacial score (nSPS) is 15.6. The van der Waals surface area contributed by atoms with Crippen LogP contribution in [0.1, 0.15) is 18.4 Å². The number of anilines is 1. The van der Waals surface area contributed by atoms with Crippen LogP contribution in [0.15, 0.2) is 42.5 Å². The quantitative estimate of drug-likeness (QED) is 0.698. The first kappa shape index (κ1) is 16.5. The Bertz CT molecular complexity index is 999.